The van der Waals surface area contributed by atoms with Crippen LogP contribution in [-0.2, 0) is 6.54 Å². The maximum atomic E-state index is 12.8. The molecule has 0 unspecified atom stereocenters. The van der Waals surface area contributed by atoms with Gasteiger partial charge < -0.3 is 10.3 Å². The topological polar surface area (TPSA) is 79.8 Å². The summed E-state index contributed by atoms with van der Waals surface area (Å²) >= 11 is 5.35. The van der Waals surface area contributed by atoms with Crippen molar-refractivity contribution in [2.45, 2.75) is 6.54 Å². The Balaban J connectivity index is 1.60. The molecule has 2 aromatic carbocycles. The van der Waals surface area contributed by atoms with Gasteiger partial charge in [-0.15, -0.1) is 0 Å². The average Bonchev–Trinajstić information content (AvgIpc) is 2.73. The summed E-state index contributed by atoms with van der Waals surface area (Å²) in [7, 11) is 0. The number of aromatic amines is 1. The van der Waals surface area contributed by atoms with Gasteiger partial charge in [0.1, 0.15) is 0 Å². The standard InChI is InChI=1S/C21H16N4O2S/c26-19(23-13-15-5-3-4-12-22-15)14-8-10-16(11-9-14)25-20(27)17-6-1-2-7-18(17)24-21(25)28/h1-12H,13H2,(H,23,26)(H,24,28). The lowest BCUT2D eigenvalue weighted by Gasteiger charge is -2.09. The lowest BCUT2D eigenvalue weighted by Crippen LogP contribution is -2.23. The van der Waals surface area contributed by atoms with Gasteiger partial charge in [0.2, 0.25) is 0 Å². The fourth-order valence-corrected chi connectivity index (χ4v) is 3.23. The minimum atomic E-state index is -0.215. The van der Waals surface area contributed by atoms with Gasteiger partial charge in [0.15, 0.2) is 4.77 Å². The first kappa shape index (κ1) is 17.8. The third-order valence-corrected chi connectivity index (χ3v) is 4.63. The molecular formula is C21H16N4O2S. The fourth-order valence-electron chi connectivity index (χ4n) is 2.93. The normalized spacial score (nSPS) is 10.7. The smallest absolute Gasteiger partial charge is 0.266 e. The number of hydrogen-bond acceptors (Lipinski definition) is 4. The van der Waals surface area contributed by atoms with E-state index in [0.717, 1.165) is 5.69 Å². The highest BCUT2D eigenvalue weighted by Gasteiger charge is 2.09. The second-order valence-electron chi connectivity index (χ2n) is 6.17. The second-order valence-corrected chi connectivity index (χ2v) is 6.55. The minimum absolute atomic E-state index is 0.202. The molecule has 0 aliphatic carbocycles. The van der Waals surface area contributed by atoms with Crippen LogP contribution in [0.3, 0.4) is 0 Å². The Morgan fingerprint density at radius 2 is 1.79 bits per heavy atom. The predicted octanol–water partition coefficient (Wildman–Crippen LogP) is 3.37. The highest BCUT2D eigenvalue weighted by atomic mass is 32.1. The summed E-state index contributed by atoms with van der Waals surface area (Å²) in [5.74, 6) is -0.215. The van der Waals surface area contributed by atoms with Crippen LogP contribution in [-0.4, -0.2) is 20.4 Å². The van der Waals surface area contributed by atoms with Gasteiger partial charge in [0, 0.05) is 11.8 Å². The molecule has 4 rings (SSSR count). The molecule has 138 valence electrons. The molecular weight excluding hydrogens is 372 g/mol. The highest BCUT2D eigenvalue weighted by Crippen LogP contribution is 2.12. The van der Waals surface area contributed by atoms with Crippen molar-refractivity contribution < 1.29 is 4.79 Å². The van der Waals surface area contributed by atoms with E-state index in [2.05, 4.69) is 15.3 Å². The molecule has 0 saturated carbocycles. The van der Waals surface area contributed by atoms with Crippen molar-refractivity contribution in [2.24, 2.45) is 0 Å². The van der Waals surface area contributed by atoms with Gasteiger partial charge in [-0.3, -0.25) is 19.1 Å². The van der Waals surface area contributed by atoms with Gasteiger partial charge in [-0.2, -0.15) is 0 Å². The lowest BCUT2D eigenvalue weighted by atomic mass is 10.2. The van der Waals surface area contributed by atoms with Crippen molar-refractivity contribution >= 4 is 29.0 Å². The SMILES string of the molecule is O=C(NCc1ccccn1)c1ccc(-n2c(=S)[nH]c3ccccc3c2=O)cc1. The van der Waals surface area contributed by atoms with Gasteiger partial charge in [-0.1, -0.05) is 18.2 Å². The fraction of sp³-hybridized carbons (Fsp3) is 0.0476. The maximum absolute atomic E-state index is 12.8. The number of pyridine rings is 1. The molecule has 6 nitrogen and oxygen atoms in total. The molecule has 4 aromatic rings. The van der Waals surface area contributed by atoms with Gasteiger partial charge in [0.25, 0.3) is 11.5 Å². The second kappa shape index (κ2) is 7.58. The molecule has 28 heavy (non-hydrogen) atoms. The zero-order valence-corrected chi connectivity index (χ0v) is 15.6. The number of amides is 1. The molecule has 0 fully saturated rings. The van der Waals surface area contributed by atoms with Gasteiger partial charge in [-0.25, -0.2) is 0 Å². The Kier molecular flexibility index (Phi) is 4.82. The zero-order chi connectivity index (χ0) is 19.5. The molecule has 0 atom stereocenters. The molecule has 7 heteroatoms. The Bertz CT molecular complexity index is 1260. The molecule has 0 saturated heterocycles. The van der Waals surface area contributed by atoms with E-state index in [1.807, 2.05) is 30.3 Å². The lowest BCUT2D eigenvalue weighted by molar-refractivity contribution is 0.0950. The van der Waals surface area contributed by atoms with Gasteiger partial charge in [-0.05, 0) is 60.7 Å². The van der Waals surface area contributed by atoms with Crippen LogP contribution in [0.25, 0.3) is 16.6 Å². The highest BCUT2D eigenvalue weighted by molar-refractivity contribution is 7.71. The van der Waals surface area contributed by atoms with Crippen LogP contribution in [0.15, 0.2) is 77.7 Å². The van der Waals surface area contributed by atoms with Crippen LogP contribution in [0.1, 0.15) is 16.1 Å². The Labute approximate surface area is 165 Å². The summed E-state index contributed by atoms with van der Waals surface area (Å²) in [5, 5.41) is 3.37. The van der Waals surface area contributed by atoms with Crippen molar-refractivity contribution in [1.82, 2.24) is 19.9 Å². The van der Waals surface area contributed by atoms with Crippen LogP contribution >= 0.6 is 12.2 Å². The number of aromatic nitrogens is 3. The molecule has 2 heterocycles. The molecule has 0 spiro atoms. The van der Waals surface area contributed by atoms with Crippen LogP contribution in [0, 0.1) is 4.77 Å². The van der Waals surface area contributed by atoms with Gasteiger partial charge in [0.05, 0.1) is 28.8 Å². The third kappa shape index (κ3) is 3.47. The molecule has 0 radical (unpaired) electrons. The summed E-state index contributed by atoms with van der Waals surface area (Å²) in [6.45, 7) is 0.344. The number of H-pyrrole nitrogens is 1. The summed E-state index contributed by atoms with van der Waals surface area (Å²) in [6.07, 6.45) is 1.68. The van der Waals surface area contributed by atoms with Crippen molar-refractivity contribution in [3.63, 3.8) is 0 Å². The number of rotatable bonds is 4. The minimum Gasteiger partial charge on any atom is -0.346 e. The van der Waals surface area contributed by atoms with E-state index in [9.17, 15) is 9.59 Å². The first-order valence-electron chi connectivity index (χ1n) is 8.66. The molecule has 2 N–H and O–H groups in total. The molecule has 2 aromatic heterocycles. The third-order valence-electron chi connectivity index (χ3n) is 4.35. The number of benzene rings is 2. The van der Waals surface area contributed by atoms with E-state index < -0.39 is 0 Å². The number of nitrogens with one attached hydrogen (secondary N) is 2. The molecule has 0 aliphatic heterocycles. The molecule has 1 amide bonds. The first-order chi connectivity index (χ1) is 13.6. The summed E-state index contributed by atoms with van der Waals surface area (Å²) in [5.41, 5.74) is 2.36. The van der Waals surface area contributed by atoms with E-state index >= 15 is 0 Å². The van der Waals surface area contributed by atoms with Crippen molar-refractivity contribution in [3.05, 3.63) is 99.3 Å². The van der Waals surface area contributed by atoms with Crippen LogP contribution in [0.5, 0.6) is 0 Å². The molecule has 0 bridgehead atoms. The first-order valence-corrected chi connectivity index (χ1v) is 9.07. The van der Waals surface area contributed by atoms with E-state index in [4.69, 9.17) is 12.2 Å². The Hall–Kier alpha value is -3.58. The Morgan fingerprint density at radius 1 is 1.04 bits per heavy atom. The molecule has 0 aliphatic rings. The van der Waals surface area contributed by atoms with Crippen molar-refractivity contribution in [2.75, 3.05) is 0 Å². The number of nitrogens with zero attached hydrogens (tertiary/aromatic N) is 2. The zero-order valence-electron chi connectivity index (χ0n) is 14.8. The average molecular weight is 388 g/mol. The summed E-state index contributed by atoms with van der Waals surface area (Å²) in [4.78, 5) is 32.4. The number of hydrogen-bond donors (Lipinski definition) is 2. The van der Waals surface area contributed by atoms with Gasteiger partial charge >= 0.3 is 0 Å². The Morgan fingerprint density at radius 3 is 2.54 bits per heavy atom. The number of carbonyl (C=O) groups excluding carboxylic acids is 1. The van der Waals surface area contributed by atoms with E-state index in [1.54, 1.807) is 42.6 Å². The van der Waals surface area contributed by atoms with Crippen LogP contribution < -0.4 is 10.9 Å². The predicted molar refractivity (Wildman–Crippen MR) is 110 cm³/mol. The van der Waals surface area contributed by atoms with Crippen molar-refractivity contribution in [1.29, 1.82) is 0 Å². The summed E-state index contributed by atoms with van der Waals surface area (Å²) in [6, 6.07) is 19.5. The number of para-hydroxylation sites is 1. The number of carbonyl (C=O) groups is 1. The van der Waals surface area contributed by atoms with Crippen LogP contribution in [0.4, 0.5) is 0 Å². The quantitative estimate of drug-likeness (QED) is 0.525. The number of fused-ring (bicyclic) bond motifs is 1. The monoisotopic (exact) mass is 388 g/mol. The van der Waals surface area contributed by atoms with E-state index in [1.165, 1.54) is 4.57 Å². The maximum Gasteiger partial charge on any atom is 0.266 e. The largest absolute Gasteiger partial charge is 0.346 e. The van der Waals surface area contributed by atoms with E-state index in [0.29, 0.717) is 33.5 Å². The summed E-state index contributed by atoms with van der Waals surface area (Å²) < 4.78 is 1.73. The van der Waals surface area contributed by atoms with E-state index in [-0.39, 0.29) is 11.5 Å². The van der Waals surface area contributed by atoms with Crippen LogP contribution in [0.2, 0.25) is 0 Å². The van der Waals surface area contributed by atoms with Crippen molar-refractivity contribution in [3.8, 4) is 5.69 Å².